The number of amides is 1. The Morgan fingerprint density at radius 1 is 0.966 bits per heavy atom. The molecule has 1 heterocycles. The number of ether oxygens (including phenoxy) is 2. The Bertz CT molecular complexity index is 954. The molecule has 1 amide bonds. The molecular weight excluding hydrogens is 366 g/mol. The summed E-state index contributed by atoms with van der Waals surface area (Å²) >= 11 is 0. The summed E-state index contributed by atoms with van der Waals surface area (Å²) in [6, 6.07) is 16.8. The molecule has 0 aliphatic rings. The van der Waals surface area contributed by atoms with Crippen LogP contribution in [0.25, 0.3) is 0 Å². The van der Waals surface area contributed by atoms with Gasteiger partial charge in [-0.05, 0) is 73.5 Å². The van der Waals surface area contributed by atoms with Crippen LogP contribution in [0.2, 0.25) is 0 Å². The number of benzene rings is 2. The van der Waals surface area contributed by atoms with Crippen LogP contribution in [0.15, 0.2) is 60.8 Å². The maximum Gasteiger partial charge on any atom is 0.257 e. The summed E-state index contributed by atoms with van der Waals surface area (Å²) < 4.78 is 10.8. The first-order valence-corrected chi connectivity index (χ1v) is 9.40. The van der Waals surface area contributed by atoms with Crippen LogP contribution in [-0.4, -0.2) is 31.2 Å². The molecule has 0 spiro atoms. The predicted octanol–water partition coefficient (Wildman–Crippen LogP) is 4.45. The zero-order valence-corrected chi connectivity index (χ0v) is 16.9. The van der Waals surface area contributed by atoms with Crippen LogP contribution < -0.4 is 20.1 Å². The number of pyridine rings is 1. The van der Waals surface area contributed by atoms with Gasteiger partial charge in [0.2, 0.25) is 0 Å². The van der Waals surface area contributed by atoms with E-state index in [1.165, 1.54) is 5.56 Å². The van der Waals surface area contributed by atoms with Gasteiger partial charge in [-0.3, -0.25) is 4.79 Å². The van der Waals surface area contributed by atoms with Crippen LogP contribution in [0, 0.1) is 13.8 Å². The average molecular weight is 391 g/mol. The highest BCUT2D eigenvalue weighted by atomic mass is 16.5. The second kappa shape index (κ2) is 9.59. The number of nitrogens with one attached hydrogen (secondary N) is 2. The maximum atomic E-state index is 12.4. The van der Waals surface area contributed by atoms with Crippen LogP contribution in [0.1, 0.15) is 21.5 Å². The maximum absolute atomic E-state index is 12.4. The SMILES string of the molecule is COc1ccc(OCCNc2ccc(C(=O)Nc3ccc(C)c(C)c3)cn2)cc1. The van der Waals surface area contributed by atoms with Gasteiger partial charge in [0.15, 0.2) is 0 Å². The van der Waals surface area contributed by atoms with Gasteiger partial charge in [-0.15, -0.1) is 0 Å². The van der Waals surface area contributed by atoms with Gasteiger partial charge >= 0.3 is 0 Å². The van der Waals surface area contributed by atoms with E-state index in [4.69, 9.17) is 9.47 Å². The third-order valence-corrected chi connectivity index (χ3v) is 4.53. The molecule has 0 unspecified atom stereocenters. The van der Waals surface area contributed by atoms with Gasteiger partial charge in [-0.25, -0.2) is 4.98 Å². The molecule has 3 rings (SSSR count). The van der Waals surface area contributed by atoms with Crippen molar-refractivity contribution < 1.29 is 14.3 Å². The first-order chi connectivity index (χ1) is 14.0. The van der Waals surface area contributed by atoms with Crippen molar-refractivity contribution in [1.29, 1.82) is 0 Å². The van der Waals surface area contributed by atoms with Crippen molar-refractivity contribution in [2.24, 2.45) is 0 Å². The van der Waals surface area contributed by atoms with Gasteiger partial charge in [0, 0.05) is 11.9 Å². The number of methoxy groups -OCH3 is 1. The lowest BCUT2D eigenvalue weighted by Gasteiger charge is -2.10. The Morgan fingerprint density at radius 3 is 2.38 bits per heavy atom. The Hall–Kier alpha value is -3.54. The monoisotopic (exact) mass is 391 g/mol. The van der Waals surface area contributed by atoms with Crippen LogP contribution >= 0.6 is 0 Å². The number of hydrogen-bond acceptors (Lipinski definition) is 5. The third-order valence-electron chi connectivity index (χ3n) is 4.53. The lowest BCUT2D eigenvalue weighted by molar-refractivity contribution is 0.102. The second-order valence-electron chi connectivity index (χ2n) is 6.64. The summed E-state index contributed by atoms with van der Waals surface area (Å²) in [5.74, 6) is 2.07. The fraction of sp³-hybridized carbons (Fsp3) is 0.217. The van der Waals surface area contributed by atoms with Gasteiger partial charge in [-0.1, -0.05) is 6.07 Å². The fourth-order valence-corrected chi connectivity index (χ4v) is 2.68. The fourth-order valence-electron chi connectivity index (χ4n) is 2.68. The van der Waals surface area contributed by atoms with Crippen LogP contribution in [-0.2, 0) is 0 Å². The number of rotatable bonds is 8. The summed E-state index contributed by atoms with van der Waals surface area (Å²) in [6.45, 7) is 5.14. The first-order valence-electron chi connectivity index (χ1n) is 9.40. The van der Waals surface area contributed by atoms with E-state index in [0.29, 0.717) is 24.5 Å². The van der Waals surface area contributed by atoms with Crippen molar-refractivity contribution in [1.82, 2.24) is 4.98 Å². The molecular formula is C23H25N3O3. The molecule has 0 fully saturated rings. The number of hydrogen-bond donors (Lipinski definition) is 2. The molecule has 2 aromatic carbocycles. The Kier molecular flexibility index (Phi) is 6.68. The van der Waals surface area contributed by atoms with Crippen molar-refractivity contribution >= 4 is 17.4 Å². The smallest absolute Gasteiger partial charge is 0.257 e. The van der Waals surface area contributed by atoms with Gasteiger partial charge in [0.25, 0.3) is 5.91 Å². The number of carbonyl (C=O) groups excluding carboxylic acids is 1. The van der Waals surface area contributed by atoms with E-state index in [2.05, 4.69) is 15.6 Å². The normalized spacial score (nSPS) is 10.3. The van der Waals surface area contributed by atoms with Crippen molar-refractivity contribution in [3.8, 4) is 11.5 Å². The summed E-state index contributed by atoms with van der Waals surface area (Å²) in [4.78, 5) is 16.7. The molecule has 0 bridgehead atoms. The zero-order valence-electron chi connectivity index (χ0n) is 16.9. The highest BCUT2D eigenvalue weighted by Crippen LogP contribution is 2.17. The van der Waals surface area contributed by atoms with Crippen molar-refractivity contribution in [3.63, 3.8) is 0 Å². The number of aryl methyl sites for hydroxylation is 2. The van der Waals surface area contributed by atoms with E-state index >= 15 is 0 Å². The first kappa shape index (κ1) is 20.2. The molecule has 0 saturated heterocycles. The lowest BCUT2D eigenvalue weighted by Crippen LogP contribution is -2.14. The summed E-state index contributed by atoms with van der Waals surface area (Å²) in [5, 5.41) is 6.07. The molecule has 150 valence electrons. The molecule has 0 aliphatic heterocycles. The molecule has 0 radical (unpaired) electrons. The van der Waals surface area contributed by atoms with E-state index in [0.717, 1.165) is 22.7 Å². The molecule has 0 atom stereocenters. The number of nitrogens with zero attached hydrogens (tertiary/aromatic N) is 1. The van der Waals surface area contributed by atoms with Crippen molar-refractivity contribution in [3.05, 3.63) is 77.5 Å². The molecule has 29 heavy (non-hydrogen) atoms. The average Bonchev–Trinajstić information content (AvgIpc) is 2.74. The molecule has 3 aromatic rings. The van der Waals surface area contributed by atoms with Crippen molar-refractivity contribution in [2.75, 3.05) is 30.9 Å². The van der Waals surface area contributed by atoms with Gasteiger partial charge in [0.05, 0.1) is 19.2 Å². The standard InChI is InChI=1S/C23H25N3O3/c1-16-4-6-19(14-17(16)2)26-23(27)18-5-11-22(25-15-18)24-12-13-29-21-9-7-20(28-3)8-10-21/h4-11,14-15H,12-13H2,1-3H3,(H,24,25)(H,26,27). The molecule has 2 N–H and O–H groups in total. The zero-order chi connectivity index (χ0) is 20.6. The van der Waals surface area contributed by atoms with Crippen LogP contribution in [0.5, 0.6) is 11.5 Å². The topological polar surface area (TPSA) is 72.5 Å². The van der Waals surface area contributed by atoms with E-state index in [1.807, 2.05) is 56.3 Å². The van der Waals surface area contributed by atoms with Crippen LogP contribution in [0.3, 0.4) is 0 Å². The van der Waals surface area contributed by atoms with E-state index in [1.54, 1.807) is 25.4 Å². The molecule has 1 aromatic heterocycles. The van der Waals surface area contributed by atoms with E-state index in [-0.39, 0.29) is 5.91 Å². The number of anilines is 2. The Morgan fingerprint density at radius 2 is 1.72 bits per heavy atom. The highest BCUT2D eigenvalue weighted by molar-refractivity contribution is 6.04. The van der Waals surface area contributed by atoms with E-state index in [9.17, 15) is 4.79 Å². The summed E-state index contributed by atoms with van der Waals surface area (Å²) in [6.07, 6.45) is 1.56. The minimum absolute atomic E-state index is 0.185. The van der Waals surface area contributed by atoms with E-state index < -0.39 is 0 Å². The second-order valence-corrected chi connectivity index (χ2v) is 6.64. The highest BCUT2D eigenvalue weighted by Gasteiger charge is 2.07. The van der Waals surface area contributed by atoms with Gasteiger partial charge in [0.1, 0.15) is 23.9 Å². The number of carbonyl (C=O) groups is 1. The number of aromatic nitrogens is 1. The Balaban J connectivity index is 1.46. The Labute approximate surface area is 170 Å². The molecule has 0 aliphatic carbocycles. The quantitative estimate of drug-likeness (QED) is 0.555. The van der Waals surface area contributed by atoms with Crippen LogP contribution in [0.4, 0.5) is 11.5 Å². The lowest BCUT2D eigenvalue weighted by atomic mass is 10.1. The predicted molar refractivity (Wildman–Crippen MR) is 115 cm³/mol. The largest absolute Gasteiger partial charge is 0.497 e. The summed E-state index contributed by atoms with van der Waals surface area (Å²) in [5.41, 5.74) is 3.60. The molecule has 6 heteroatoms. The summed E-state index contributed by atoms with van der Waals surface area (Å²) in [7, 11) is 1.63. The third kappa shape index (κ3) is 5.72. The minimum atomic E-state index is -0.185. The van der Waals surface area contributed by atoms with Crippen molar-refractivity contribution in [2.45, 2.75) is 13.8 Å². The minimum Gasteiger partial charge on any atom is -0.497 e. The van der Waals surface area contributed by atoms with Gasteiger partial charge in [-0.2, -0.15) is 0 Å². The van der Waals surface area contributed by atoms with Gasteiger partial charge < -0.3 is 20.1 Å². The molecule has 0 saturated carbocycles. The molecule has 6 nitrogen and oxygen atoms in total.